The van der Waals surface area contributed by atoms with Crippen molar-refractivity contribution in [1.82, 2.24) is 4.98 Å². The average Bonchev–Trinajstić information content (AvgIpc) is 2.63. The van der Waals surface area contributed by atoms with Crippen LogP contribution in [0, 0.1) is 12.7 Å². The monoisotopic (exact) mass is 344 g/mol. The molecule has 2 aromatic rings. The summed E-state index contributed by atoms with van der Waals surface area (Å²) in [6.45, 7) is 2.85. The molecule has 1 aromatic heterocycles. The lowest BCUT2D eigenvalue weighted by Gasteiger charge is -2.36. The number of nitrogens with zero attached hydrogens (tertiary/aromatic N) is 1. The fourth-order valence-corrected chi connectivity index (χ4v) is 3.23. The largest absolute Gasteiger partial charge is 0.481 e. The Balaban J connectivity index is 1.89. The van der Waals surface area contributed by atoms with Gasteiger partial charge in [-0.3, -0.25) is 4.79 Å². The summed E-state index contributed by atoms with van der Waals surface area (Å²) in [7, 11) is 1.55. The van der Waals surface area contributed by atoms with Gasteiger partial charge in [-0.1, -0.05) is 12.1 Å². The highest BCUT2D eigenvalue weighted by atomic mass is 19.1. The first-order valence-electron chi connectivity index (χ1n) is 8.21. The van der Waals surface area contributed by atoms with E-state index >= 15 is 0 Å². The van der Waals surface area contributed by atoms with Crippen LogP contribution in [0.15, 0.2) is 36.5 Å². The van der Waals surface area contributed by atoms with Crippen LogP contribution in [-0.2, 0) is 14.9 Å². The van der Waals surface area contributed by atoms with Gasteiger partial charge in [-0.25, -0.2) is 9.37 Å². The molecule has 0 bridgehead atoms. The molecule has 1 N–H and O–H groups in total. The minimum Gasteiger partial charge on any atom is -0.481 e. The van der Waals surface area contributed by atoms with E-state index in [1.54, 1.807) is 25.4 Å². The van der Waals surface area contributed by atoms with Crippen molar-refractivity contribution in [3.8, 4) is 5.88 Å². The van der Waals surface area contributed by atoms with Gasteiger partial charge >= 0.3 is 0 Å². The number of pyridine rings is 1. The Morgan fingerprint density at radius 1 is 1.28 bits per heavy atom. The van der Waals surface area contributed by atoms with Crippen molar-refractivity contribution in [1.29, 1.82) is 0 Å². The van der Waals surface area contributed by atoms with Crippen molar-refractivity contribution in [2.45, 2.75) is 25.2 Å². The van der Waals surface area contributed by atoms with Crippen molar-refractivity contribution >= 4 is 11.6 Å². The van der Waals surface area contributed by atoms with E-state index < -0.39 is 5.41 Å². The third kappa shape index (κ3) is 3.49. The normalized spacial score (nSPS) is 16.3. The molecule has 0 spiro atoms. The highest BCUT2D eigenvalue weighted by Gasteiger charge is 2.41. The summed E-state index contributed by atoms with van der Waals surface area (Å²) in [6.07, 6.45) is 2.67. The molecule has 5 nitrogen and oxygen atoms in total. The van der Waals surface area contributed by atoms with Gasteiger partial charge in [-0.15, -0.1) is 0 Å². The number of rotatable bonds is 4. The van der Waals surface area contributed by atoms with Gasteiger partial charge in [-0.05, 0) is 43.5 Å². The first kappa shape index (κ1) is 17.4. The number of hydrogen-bond donors (Lipinski definition) is 1. The number of benzene rings is 1. The Labute approximate surface area is 146 Å². The fraction of sp³-hybridized carbons (Fsp3) is 0.368. The maximum Gasteiger partial charge on any atom is 0.235 e. The predicted octanol–water partition coefficient (Wildman–Crippen LogP) is 3.22. The molecule has 132 valence electrons. The van der Waals surface area contributed by atoms with Crippen LogP contribution < -0.4 is 10.1 Å². The van der Waals surface area contributed by atoms with E-state index in [9.17, 15) is 9.18 Å². The van der Waals surface area contributed by atoms with Crippen LogP contribution in [0.2, 0.25) is 0 Å². The van der Waals surface area contributed by atoms with E-state index in [0.29, 0.717) is 37.6 Å². The predicted molar refractivity (Wildman–Crippen MR) is 92.3 cm³/mol. The van der Waals surface area contributed by atoms with Crippen LogP contribution >= 0.6 is 0 Å². The van der Waals surface area contributed by atoms with Crippen molar-refractivity contribution in [3.05, 3.63) is 53.5 Å². The number of hydrogen-bond acceptors (Lipinski definition) is 4. The topological polar surface area (TPSA) is 60.5 Å². The van der Waals surface area contributed by atoms with E-state index in [1.165, 1.54) is 12.1 Å². The number of aryl methyl sites for hydroxylation is 1. The van der Waals surface area contributed by atoms with Crippen LogP contribution in [0.3, 0.4) is 0 Å². The maximum absolute atomic E-state index is 13.3. The Hall–Kier alpha value is -2.47. The van der Waals surface area contributed by atoms with Crippen LogP contribution in [-0.4, -0.2) is 31.2 Å². The molecular weight excluding hydrogens is 323 g/mol. The second-order valence-corrected chi connectivity index (χ2v) is 6.21. The smallest absolute Gasteiger partial charge is 0.235 e. The van der Waals surface area contributed by atoms with Crippen LogP contribution in [0.4, 0.5) is 10.1 Å². The van der Waals surface area contributed by atoms with E-state index in [1.807, 2.05) is 13.0 Å². The number of carbonyl (C=O) groups excluding carboxylic acids is 1. The molecule has 1 amide bonds. The zero-order valence-electron chi connectivity index (χ0n) is 14.3. The summed E-state index contributed by atoms with van der Waals surface area (Å²) in [5.41, 5.74) is 1.51. The molecule has 0 radical (unpaired) electrons. The second kappa shape index (κ2) is 7.19. The van der Waals surface area contributed by atoms with Crippen LogP contribution in [0.5, 0.6) is 5.88 Å². The van der Waals surface area contributed by atoms with Gasteiger partial charge in [0.1, 0.15) is 5.82 Å². The highest BCUT2D eigenvalue weighted by molar-refractivity contribution is 5.99. The molecule has 0 unspecified atom stereocenters. The van der Waals surface area contributed by atoms with E-state index in [4.69, 9.17) is 9.47 Å². The molecular formula is C19H21FN2O3. The Kier molecular flexibility index (Phi) is 4.99. The number of aromatic nitrogens is 1. The lowest BCUT2D eigenvalue weighted by molar-refractivity contribution is -0.125. The van der Waals surface area contributed by atoms with Gasteiger partial charge in [0.05, 0.1) is 24.4 Å². The van der Waals surface area contributed by atoms with Crippen molar-refractivity contribution in [3.63, 3.8) is 0 Å². The van der Waals surface area contributed by atoms with Gasteiger partial charge in [-0.2, -0.15) is 0 Å². The first-order valence-corrected chi connectivity index (χ1v) is 8.21. The number of carbonyl (C=O) groups is 1. The third-order valence-corrected chi connectivity index (χ3v) is 4.66. The Morgan fingerprint density at radius 2 is 1.96 bits per heavy atom. The average molecular weight is 344 g/mol. The molecule has 1 saturated heterocycles. The minimum absolute atomic E-state index is 0.131. The second-order valence-electron chi connectivity index (χ2n) is 6.21. The van der Waals surface area contributed by atoms with Gasteiger partial charge in [0.15, 0.2) is 0 Å². The number of anilines is 1. The summed E-state index contributed by atoms with van der Waals surface area (Å²) in [6, 6.07) is 7.95. The molecule has 1 fully saturated rings. The Morgan fingerprint density at radius 3 is 2.56 bits per heavy atom. The fourth-order valence-electron chi connectivity index (χ4n) is 3.23. The molecule has 25 heavy (non-hydrogen) atoms. The molecule has 2 heterocycles. The number of ether oxygens (including phenoxy) is 2. The lowest BCUT2D eigenvalue weighted by atomic mass is 9.73. The molecule has 0 aliphatic carbocycles. The summed E-state index contributed by atoms with van der Waals surface area (Å²) in [5.74, 6) is 0.0763. The zero-order valence-corrected chi connectivity index (χ0v) is 14.3. The van der Waals surface area contributed by atoms with E-state index in [-0.39, 0.29) is 11.7 Å². The quantitative estimate of drug-likeness (QED) is 0.925. The summed E-state index contributed by atoms with van der Waals surface area (Å²) in [4.78, 5) is 17.3. The Bertz CT molecular complexity index is 756. The molecule has 0 saturated carbocycles. The number of halogens is 1. The molecule has 1 aromatic carbocycles. The summed E-state index contributed by atoms with van der Waals surface area (Å²) < 4.78 is 23.9. The van der Waals surface area contributed by atoms with Crippen molar-refractivity contribution in [2.75, 3.05) is 25.6 Å². The van der Waals surface area contributed by atoms with Crippen molar-refractivity contribution in [2.24, 2.45) is 0 Å². The van der Waals surface area contributed by atoms with Gasteiger partial charge in [0.2, 0.25) is 11.8 Å². The van der Waals surface area contributed by atoms with E-state index in [2.05, 4.69) is 10.3 Å². The zero-order chi connectivity index (χ0) is 17.9. The highest BCUT2D eigenvalue weighted by Crippen LogP contribution is 2.36. The molecule has 3 rings (SSSR count). The lowest BCUT2D eigenvalue weighted by Crippen LogP contribution is -2.44. The molecule has 1 aliphatic rings. The maximum atomic E-state index is 13.3. The number of nitrogens with one attached hydrogen (secondary N) is 1. The van der Waals surface area contributed by atoms with Gasteiger partial charge in [0.25, 0.3) is 0 Å². The molecule has 0 atom stereocenters. The summed E-state index contributed by atoms with van der Waals surface area (Å²) in [5, 5.41) is 2.95. The van der Waals surface area contributed by atoms with Gasteiger partial charge in [0, 0.05) is 18.8 Å². The minimum atomic E-state index is -0.736. The standard InChI is InChI=1S/C19H21FN2O3/c1-13-11-16(12-21-17(13)24-2)22-18(23)19(7-9-25-10-8-19)14-3-5-15(20)6-4-14/h3-6,11-12H,7-10H2,1-2H3,(H,22,23). The third-order valence-electron chi connectivity index (χ3n) is 4.66. The van der Waals surface area contributed by atoms with E-state index in [0.717, 1.165) is 11.1 Å². The van der Waals surface area contributed by atoms with Gasteiger partial charge < -0.3 is 14.8 Å². The first-order chi connectivity index (χ1) is 12.0. The van der Waals surface area contributed by atoms with Crippen molar-refractivity contribution < 1.29 is 18.7 Å². The van der Waals surface area contributed by atoms with Crippen LogP contribution in [0.25, 0.3) is 0 Å². The number of amides is 1. The molecule has 6 heteroatoms. The number of methoxy groups -OCH3 is 1. The SMILES string of the molecule is COc1ncc(NC(=O)C2(c3ccc(F)cc3)CCOCC2)cc1C. The summed E-state index contributed by atoms with van der Waals surface area (Å²) >= 11 is 0. The molecule has 1 aliphatic heterocycles. The van der Waals surface area contributed by atoms with Crippen LogP contribution in [0.1, 0.15) is 24.0 Å².